The Balaban J connectivity index is 3.69. The first-order chi connectivity index (χ1) is 6.99. The monoisotopic (exact) mass is 234 g/mol. The van der Waals surface area contributed by atoms with Gasteiger partial charge in [-0.1, -0.05) is 20.3 Å². The quantitative estimate of drug-likeness (QED) is 0.620. The predicted molar refractivity (Wildman–Crippen MR) is 64.0 cm³/mol. The fourth-order valence-corrected chi connectivity index (χ4v) is 1.67. The van der Waals surface area contributed by atoms with Gasteiger partial charge in [-0.05, 0) is 12.3 Å². The number of carbonyl (C=O) groups excluding carboxylic acids is 1. The minimum Gasteiger partial charge on any atom is -0.355 e. The third kappa shape index (κ3) is 6.62. The molecule has 0 aliphatic heterocycles. The van der Waals surface area contributed by atoms with Crippen LogP contribution in [0, 0.1) is 5.92 Å². The molecule has 0 aromatic carbocycles. The van der Waals surface area contributed by atoms with Crippen molar-refractivity contribution in [2.24, 2.45) is 11.7 Å². The van der Waals surface area contributed by atoms with Gasteiger partial charge in [-0.2, -0.15) is 0 Å². The number of nitrogens with one attached hydrogen (secondary N) is 1. The zero-order valence-corrected chi connectivity index (χ0v) is 10.6. The van der Waals surface area contributed by atoms with E-state index >= 15 is 0 Å². The van der Waals surface area contributed by atoms with Crippen molar-refractivity contribution >= 4 is 16.7 Å². The maximum absolute atomic E-state index is 11.5. The van der Waals surface area contributed by atoms with Gasteiger partial charge in [0.1, 0.15) is 0 Å². The molecule has 0 bridgehead atoms. The minimum atomic E-state index is -0.784. The van der Waals surface area contributed by atoms with Crippen LogP contribution in [0.3, 0.4) is 0 Å². The zero-order chi connectivity index (χ0) is 11.8. The van der Waals surface area contributed by atoms with Crippen molar-refractivity contribution in [2.75, 3.05) is 18.6 Å². The van der Waals surface area contributed by atoms with E-state index in [9.17, 15) is 9.00 Å². The molecule has 0 aliphatic carbocycles. The Labute approximate surface area is 94.4 Å². The van der Waals surface area contributed by atoms with Crippen molar-refractivity contribution in [1.82, 2.24) is 5.32 Å². The molecule has 0 aromatic rings. The maximum Gasteiger partial charge on any atom is 0.237 e. The second-order valence-electron chi connectivity index (χ2n) is 3.83. The zero-order valence-electron chi connectivity index (χ0n) is 9.79. The van der Waals surface area contributed by atoms with Crippen LogP contribution in [0.15, 0.2) is 0 Å². The van der Waals surface area contributed by atoms with Crippen molar-refractivity contribution in [1.29, 1.82) is 0 Å². The molecule has 0 spiro atoms. The number of nitrogens with two attached hydrogens (primary N) is 1. The molecule has 90 valence electrons. The number of rotatable bonds is 7. The van der Waals surface area contributed by atoms with Crippen molar-refractivity contribution < 1.29 is 9.00 Å². The van der Waals surface area contributed by atoms with Crippen molar-refractivity contribution in [3.8, 4) is 0 Å². The Hall–Kier alpha value is -0.420. The van der Waals surface area contributed by atoms with Gasteiger partial charge in [0.05, 0.1) is 6.04 Å². The number of hydrogen-bond donors (Lipinski definition) is 2. The molecule has 3 unspecified atom stereocenters. The molecule has 4 nitrogen and oxygen atoms in total. The van der Waals surface area contributed by atoms with Crippen LogP contribution in [0.4, 0.5) is 0 Å². The molecule has 0 saturated carbocycles. The third-order valence-electron chi connectivity index (χ3n) is 2.47. The summed E-state index contributed by atoms with van der Waals surface area (Å²) in [7, 11) is -0.784. The molecule has 0 saturated heterocycles. The van der Waals surface area contributed by atoms with Crippen LogP contribution in [0.5, 0.6) is 0 Å². The highest BCUT2D eigenvalue weighted by molar-refractivity contribution is 7.84. The fourth-order valence-electron chi connectivity index (χ4n) is 1.12. The first-order valence-electron chi connectivity index (χ1n) is 5.32. The summed E-state index contributed by atoms with van der Waals surface area (Å²) in [6.07, 6.45) is 3.29. The average molecular weight is 234 g/mol. The summed E-state index contributed by atoms with van der Waals surface area (Å²) >= 11 is 0. The SMILES string of the molecule is CCC(C)C(N)C(=O)NCCCS(C)=O. The van der Waals surface area contributed by atoms with E-state index in [-0.39, 0.29) is 11.8 Å². The summed E-state index contributed by atoms with van der Waals surface area (Å²) < 4.78 is 10.8. The first kappa shape index (κ1) is 14.6. The number of hydrogen-bond acceptors (Lipinski definition) is 3. The molecule has 0 aromatic heterocycles. The summed E-state index contributed by atoms with van der Waals surface area (Å²) in [6, 6.07) is -0.429. The van der Waals surface area contributed by atoms with Crippen LogP contribution in [-0.2, 0) is 15.6 Å². The van der Waals surface area contributed by atoms with Gasteiger partial charge >= 0.3 is 0 Å². The Bertz CT molecular complexity index is 221. The molecule has 3 N–H and O–H groups in total. The lowest BCUT2D eigenvalue weighted by atomic mass is 9.99. The average Bonchev–Trinajstić information content (AvgIpc) is 2.21. The van der Waals surface area contributed by atoms with Gasteiger partial charge in [-0.3, -0.25) is 9.00 Å². The summed E-state index contributed by atoms with van der Waals surface area (Å²) in [6.45, 7) is 4.53. The highest BCUT2D eigenvalue weighted by atomic mass is 32.2. The predicted octanol–water partition coefficient (Wildman–Crippen LogP) is 0.245. The number of carbonyl (C=O) groups is 1. The highest BCUT2D eigenvalue weighted by Crippen LogP contribution is 2.04. The second-order valence-corrected chi connectivity index (χ2v) is 5.39. The smallest absolute Gasteiger partial charge is 0.237 e. The van der Waals surface area contributed by atoms with Crippen LogP contribution >= 0.6 is 0 Å². The van der Waals surface area contributed by atoms with Crippen LogP contribution in [-0.4, -0.2) is 34.7 Å². The standard InChI is InChI=1S/C10H22N2O2S/c1-4-8(2)9(11)10(13)12-6-5-7-15(3)14/h8-9H,4-7,11H2,1-3H3,(H,12,13). The molecule has 0 fully saturated rings. The Morgan fingerprint density at radius 2 is 2.13 bits per heavy atom. The fraction of sp³-hybridized carbons (Fsp3) is 0.900. The Morgan fingerprint density at radius 3 is 2.60 bits per heavy atom. The van der Waals surface area contributed by atoms with E-state index in [0.29, 0.717) is 12.3 Å². The Morgan fingerprint density at radius 1 is 1.53 bits per heavy atom. The molecule has 1 amide bonds. The van der Waals surface area contributed by atoms with E-state index in [1.54, 1.807) is 6.26 Å². The van der Waals surface area contributed by atoms with E-state index in [2.05, 4.69) is 5.32 Å². The molecule has 3 atom stereocenters. The summed E-state index contributed by atoms with van der Waals surface area (Å²) in [5.41, 5.74) is 5.74. The van der Waals surface area contributed by atoms with Crippen LogP contribution < -0.4 is 11.1 Å². The maximum atomic E-state index is 11.5. The van der Waals surface area contributed by atoms with Crippen molar-refractivity contribution in [2.45, 2.75) is 32.7 Å². The van der Waals surface area contributed by atoms with E-state index in [0.717, 1.165) is 12.8 Å². The summed E-state index contributed by atoms with van der Waals surface area (Å²) in [4.78, 5) is 11.5. The van der Waals surface area contributed by atoms with E-state index in [4.69, 9.17) is 5.73 Å². The largest absolute Gasteiger partial charge is 0.355 e. The first-order valence-corrected chi connectivity index (χ1v) is 7.05. The van der Waals surface area contributed by atoms with E-state index < -0.39 is 16.8 Å². The normalized spacial score (nSPS) is 16.8. The molecule has 0 radical (unpaired) electrons. The third-order valence-corrected chi connectivity index (χ3v) is 3.33. The Kier molecular flexibility index (Phi) is 7.60. The van der Waals surface area contributed by atoms with Gasteiger partial charge in [0, 0.05) is 29.4 Å². The van der Waals surface area contributed by atoms with Crippen LogP contribution in [0.2, 0.25) is 0 Å². The summed E-state index contributed by atoms with van der Waals surface area (Å²) in [5, 5.41) is 2.75. The van der Waals surface area contributed by atoms with Gasteiger partial charge in [0.2, 0.25) is 5.91 Å². The molecule has 0 heterocycles. The molecule has 15 heavy (non-hydrogen) atoms. The molecule has 0 aliphatic rings. The number of amides is 1. The van der Waals surface area contributed by atoms with Gasteiger partial charge in [-0.25, -0.2) is 0 Å². The highest BCUT2D eigenvalue weighted by Gasteiger charge is 2.18. The van der Waals surface area contributed by atoms with E-state index in [1.165, 1.54) is 0 Å². The van der Waals surface area contributed by atoms with Gasteiger partial charge in [-0.15, -0.1) is 0 Å². The lowest BCUT2D eigenvalue weighted by molar-refractivity contribution is -0.123. The second kappa shape index (κ2) is 7.82. The van der Waals surface area contributed by atoms with E-state index in [1.807, 2.05) is 13.8 Å². The van der Waals surface area contributed by atoms with Crippen LogP contribution in [0.1, 0.15) is 26.7 Å². The van der Waals surface area contributed by atoms with Gasteiger partial charge < -0.3 is 11.1 Å². The molecule has 0 rings (SSSR count). The van der Waals surface area contributed by atoms with Crippen LogP contribution in [0.25, 0.3) is 0 Å². The van der Waals surface area contributed by atoms with Crippen molar-refractivity contribution in [3.63, 3.8) is 0 Å². The van der Waals surface area contributed by atoms with Crippen molar-refractivity contribution in [3.05, 3.63) is 0 Å². The minimum absolute atomic E-state index is 0.105. The molecular weight excluding hydrogens is 212 g/mol. The lowest BCUT2D eigenvalue weighted by Gasteiger charge is -2.17. The summed E-state index contributed by atoms with van der Waals surface area (Å²) in [5.74, 6) is 0.718. The lowest BCUT2D eigenvalue weighted by Crippen LogP contribution is -2.45. The topological polar surface area (TPSA) is 72.2 Å². The molecular formula is C10H22N2O2S. The van der Waals surface area contributed by atoms with Gasteiger partial charge in [0.15, 0.2) is 0 Å². The molecule has 5 heteroatoms. The van der Waals surface area contributed by atoms with Gasteiger partial charge in [0.25, 0.3) is 0 Å².